The third kappa shape index (κ3) is 3.50. The lowest BCUT2D eigenvalue weighted by Crippen LogP contribution is -2.42. The van der Waals surface area contributed by atoms with Crippen LogP contribution in [0.3, 0.4) is 0 Å². The van der Waals surface area contributed by atoms with Crippen molar-refractivity contribution in [1.82, 2.24) is 9.47 Å². The Bertz CT molecular complexity index is 612. The molecular formula is C13H13F3N2O3. The van der Waals surface area contributed by atoms with Crippen LogP contribution in [-0.4, -0.2) is 34.2 Å². The maximum Gasteiger partial charge on any atom is 0.431 e. The van der Waals surface area contributed by atoms with E-state index in [0.29, 0.717) is 4.57 Å². The minimum absolute atomic E-state index is 0.0203. The molecule has 1 aromatic rings. The number of carbonyl (C=O) groups excluding carboxylic acids is 2. The van der Waals surface area contributed by atoms with Crippen LogP contribution in [-0.2, 0) is 22.3 Å². The van der Waals surface area contributed by atoms with Gasteiger partial charge in [0.15, 0.2) is 0 Å². The number of likely N-dealkylation sites (tertiary alicyclic amines) is 1. The second kappa shape index (κ2) is 5.71. The first kappa shape index (κ1) is 15.3. The molecule has 1 aliphatic heterocycles. The van der Waals surface area contributed by atoms with E-state index >= 15 is 0 Å². The molecule has 2 heterocycles. The van der Waals surface area contributed by atoms with E-state index in [9.17, 15) is 27.6 Å². The van der Waals surface area contributed by atoms with E-state index in [2.05, 4.69) is 0 Å². The Kier molecular flexibility index (Phi) is 4.15. The number of nitrogens with zero attached hydrogens (tertiary/aromatic N) is 2. The van der Waals surface area contributed by atoms with E-state index in [1.165, 1.54) is 4.90 Å². The number of amides is 1. The van der Waals surface area contributed by atoms with Gasteiger partial charge in [0.25, 0.3) is 5.56 Å². The third-order valence-electron chi connectivity index (χ3n) is 3.31. The van der Waals surface area contributed by atoms with Crippen LogP contribution in [0.4, 0.5) is 13.2 Å². The van der Waals surface area contributed by atoms with Gasteiger partial charge in [-0.1, -0.05) is 6.07 Å². The highest BCUT2D eigenvalue weighted by molar-refractivity contribution is 5.83. The van der Waals surface area contributed by atoms with Crippen molar-refractivity contribution in [3.05, 3.63) is 34.2 Å². The highest BCUT2D eigenvalue weighted by Crippen LogP contribution is 2.28. The van der Waals surface area contributed by atoms with Gasteiger partial charge >= 0.3 is 6.18 Å². The maximum absolute atomic E-state index is 12.8. The number of hydrogen-bond donors (Lipinski definition) is 0. The Morgan fingerprint density at radius 1 is 1.14 bits per heavy atom. The zero-order chi connectivity index (χ0) is 15.6. The minimum atomic E-state index is -4.71. The average molecular weight is 302 g/mol. The molecule has 21 heavy (non-hydrogen) atoms. The van der Waals surface area contributed by atoms with Crippen molar-refractivity contribution in [2.45, 2.75) is 25.6 Å². The van der Waals surface area contributed by atoms with Gasteiger partial charge < -0.3 is 4.90 Å². The molecule has 2 rings (SSSR count). The Morgan fingerprint density at radius 3 is 2.33 bits per heavy atom. The second-order valence-electron chi connectivity index (χ2n) is 4.75. The largest absolute Gasteiger partial charge is 0.431 e. The summed E-state index contributed by atoms with van der Waals surface area (Å²) < 4.78 is 38.9. The number of alkyl halides is 3. The van der Waals surface area contributed by atoms with Gasteiger partial charge in [0, 0.05) is 32.0 Å². The van der Waals surface area contributed by atoms with Crippen LogP contribution < -0.4 is 5.56 Å². The molecule has 0 aromatic carbocycles. The molecule has 0 unspecified atom stereocenters. The van der Waals surface area contributed by atoms with Crippen LogP contribution in [0, 0.1) is 0 Å². The summed E-state index contributed by atoms with van der Waals surface area (Å²) in [5, 5.41) is 0. The monoisotopic (exact) mass is 302 g/mol. The zero-order valence-corrected chi connectivity index (χ0v) is 11.0. The molecule has 1 saturated heterocycles. The predicted molar refractivity (Wildman–Crippen MR) is 66.5 cm³/mol. The molecule has 0 aliphatic carbocycles. The first-order valence-corrected chi connectivity index (χ1v) is 6.35. The normalized spacial score (nSPS) is 16.1. The molecule has 5 nitrogen and oxygen atoms in total. The fourth-order valence-electron chi connectivity index (χ4n) is 2.17. The molecule has 8 heteroatoms. The van der Waals surface area contributed by atoms with E-state index in [1.54, 1.807) is 0 Å². The van der Waals surface area contributed by atoms with E-state index in [1.807, 2.05) is 0 Å². The number of carbonyl (C=O) groups is 2. The van der Waals surface area contributed by atoms with Crippen molar-refractivity contribution in [2.75, 3.05) is 13.1 Å². The summed E-state index contributed by atoms with van der Waals surface area (Å²) in [6.07, 6.45) is -4.32. The van der Waals surface area contributed by atoms with Gasteiger partial charge in [0.05, 0.1) is 0 Å². The highest BCUT2D eigenvalue weighted by Gasteiger charge is 2.35. The van der Waals surface area contributed by atoms with Crippen molar-refractivity contribution in [1.29, 1.82) is 0 Å². The van der Waals surface area contributed by atoms with Crippen LogP contribution >= 0.6 is 0 Å². The molecule has 1 amide bonds. The molecule has 0 atom stereocenters. The highest BCUT2D eigenvalue weighted by atomic mass is 19.4. The predicted octanol–water partition coefficient (Wildman–Crippen LogP) is 1.06. The quantitative estimate of drug-likeness (QED) is 0.821. The summed E-state index contributed by atoms with van der Waals surface area (Å²) in [4.78, 5) is 36.0. The number of halogens is 3. The smallest absolute Gasteiger partial charge is 0.340 e. The minimum Gasteiger partial charge on any atom is -0.340 e. The third-order valence-corrected chi connectivity index (χ3v) is 3.31. The van der Waals surface area contributed by atoms with E-state index in [0.717, 1.165) is 18.2 Å². The molecule has 0 spiro atoms. The lowest BCUT2D eigenvalue weighted by atomic mass is 10.1. The average Bonchev–Trinajstić information content (AvgIpc) is 2.40. The summed E-state index contributed by atoms with van der Waals surface area (Å²) in [5.74, 6) is -0.576. The summed E-state index contributed by atoms with van der Waals surface area (Å²) in [6, 6.07) is 2.74. The fourth-order valence-corrected chi connectivity index (χ4v) is 2.17. The van der Waals surface area contributed by atoms with Gasteiger partial charge in [0.2, 0.25) is 5.91 Å². The van der Waals surface area contributed by atoms with Crippen molar-refractivity contribution in [2.24, 2.45) is 0 Å². The molecule has 0 radical (unpaired) electrons. The van der Waals surface area contributed by atoms with E-state index < -0.39 is 29.9 Å². The number of Topliss-reactive ketones (excluding diaryl/α,β-unsaturated/α-hetero) is 1. The van der Waals surface area contributed by atoms with Gasteiger partial charge in [0.1, 0.15) is 18.0 Å². The number of rotatable bonds is 2. The molecule has 1 aromatic heterocycles. The molecular weight excluding hydrogens is 289 g/mol. The molecule has 0 bridgehead atoms. The first-order valence-electron chi connectivity index (χ1n) is 6.35. The summed E-state index contributed by atoms with van der Waals surface area (Å²) >= 11 is 0. The van der Waals surface area contributed by atoms with Crippen LogP contribution in [0.1, 0.15) is 18.5 Å². The lowest BCUT2D eigenvalue weighted by Gasteiger charge is -2.26. The summed E-state index contributed by atoms with van der Waals surface area (Å²) in [7, 11) is 0. The van der Waals surface area contributed by atoms with Crippen LogP contribution in [0.2, 0.25) is 0 Å². The van der Waals surface area contributed by atoms with E-state index in [4.69, 9.17) is 0 Å². The Hall–Kier alpha value is -2.12. The number of hydrogen-bond acceptors (Lipinski definition) is 3. The van der Waals surface area contributed by atoms with Crippen molar-refractivity contribution in [3.63, 3.8) is 0 Å². The van der Waals surface area contributed by atoms with Gasteiger partial charge in [-0.25, -0.2) is 0 Å². The zero-order valence-electron chi connectivity index (χ0n) is 11.0. The molecule has 114 valence electrons. The summed E-state index contributed by atoms with van der Waals surface area (Å²) in [6.45, 7) is -0.316. The van der Waals surface area contributed by atoms with Crippen molar-refractivity contribution >= 4 is 11.7 Å². The SMILES string of the molecule is O=C1CCN(C(=O)Cn2c(C(F)(F)F)cccc2=O)CC1. The Labute approximate surface area is 118 Å². The van der Waals surface area contributed by atoms with Crippen molar-refractivity contribution < 1.29 is 22.8 Å². The number of aromatic nitrogens is 1. The van der Waals surface area contributed by atoms with Gasteiger partial charge in [-0.2, -0.15) is 13.2 Å². The number of piperidine rings is 1. The number of ketones is 1. The van der Waals surface area contributed by atoms with Crippen LogP contribution in [0.15, 0.2) is 23.0 Å². The molecule has 1 aliphatic rings. The standard InChI is InChI=1S/C13H13F3N2O3/c14-13(15,16)10-2-1-3-11(20)18(10)8-12(21)17-6-4-9(19)5-7-17/h1-3H,4-8H2. The van der Waals surface area contributed by atoms with Crippen LogP contribution in [0.25, 0.3) is 0 Å². The first-order chi connectivity index (χ1) is 9.79. The maximum atomic E-state index is 12.8. The second-order valence-corrected chi connectivity index (χ2v) is 4.75. The van der Waals surface area contributed by atoms with Crippen molar-refractivity contribution in [3.8, 4) is 0 Å². The molecule has 1 fully saturated rings. The Morgan fingerprint density at radius 2 is 1.76 bits per heavy atom. The molecule has 0 N–H and O–H groups in total. The van der Waals surface area contributed by atoms with Gasteiger partial charge in [-0.3, -0.25) is 19.0 Å². The van der Waals surface area contributed by atoms with Gasteiger partial charge in [-0.15, -0.1) is 0 Å². The van der Waals surface area contributed by atoms with Gasteiger partial charge in [-0.05, 0) is 6.07 Å². The molecule has 0 saturated carbocycles. The topological polar surface area (TPSA) is 59.4 Å². The fraction of sp³-hybridized carbons (Fsp3) is 0.462. The summed E-state index contributed by atoms with van der Waals surface area (Å²) in [5.41, 5.74) is -2.04. The van der Waals surface area contributed by atoms with Crippen LogP contribution in [0.5, 0.6) is 0 Å². The lowest BCUT2D eigenvalue weighted by molar-refractivity contribution is -0.145. The van der Waals surface area contributed by atoms with E-state index in [-0.39, 0.29) is 31.7 Å². The Balaban J connectivity index is 2.21. The number of pyridine rings is 1.